The second kappa shape index (κ2) is 4.89. The minimum atomic E-state index is -0.991. The number of carboxylic acid groups (broad SMARTS) is 1. The van der Waals surface area contributed by atoms with Crippen molar-refractivity contribution in [3.8, 4) is 0 Å². The summed E-state index contributed by atoms with van der Waals surface area (Å²) in [5, 5.41) is 16.4. The van der Waals surface area contributed by atoms with Gasteiger partial charge in [0.15, 0.2) is 5.69 Å². The van der Waals surface area contributed by atoms with Crippen molar-refractivity contribution in [2.45, 2.75) is 13.5 Å². The number of benzene rings is 1. The molecule has 0 unspecified atom stereocenters. The molecule has 0 fully saturated rings. The molecule has 2 rings (SSSR count). The highest BCUT2D eigenvalue weighted by Gasteiger charge is 2.13. The third-order valence-electron chi connectivity index (χ3n) is 2.72. The van der Waals surface area contributed by atoms with E-state index in [1.807, 2.05) is 0 Å². The van der Waals surface area contributed by atoms with Gasteiger partial charge in [-0.3, -0.25) is 4.79 Å². The molecule has 0 aliphatic rings. The van der Waals surface area contributed by atoms with Crippen LogP contribution in [-0.2, 0) is 6.54 Å². The summed E-state index contributed by atoms with van der Waals surface area (Å²) in [6.45, 7) is 2.01. The molecule has 0 aliphatic heterocycles. The van der Waals surface area contributed by atoms with Crippen LogP contribution in [-0.4, -0.2) is 32.0 Å². The molecule has 3 N–H and O–H groups in total. The average molecular weight is 260 g/mol. The van der Waals surface area contributed by atoms with Crippen molar-refractivity contribution in [1.29, 1.82) is 0 Å². The molecule has 0 atom stereocenters. The highest BCUT2D eigenvalue weighted by molar-refractivity contribution is 5.91. The number of carbonyl (C=O) groups is 2. The zero-order valence-corrected chi connectivity index (χ0v) is 10.2. The first kappa shape index (κ1) is 12.7. The van der Waals surface area contributed by atoms with Crippen molar-refractivity contribution in [2.24, 2.45) is 5.73 Å². The second-order valence-corrected chi connectivity index (χ2v) is 4.05. The third-order valence-corrected chi connectivity index (χ3v) is 2.72. The first-order chi connectivity index (χ1) is 8.99. The van der Waals surface area contributed by atoms with Crippen LogP contribution < -0.4 is 5.73 Å². The Morgan fingerprint density at radius 3 is 2.74 bits per heavy atom. The number of carbonyl (C=O) groups excluding carboxylic acids is 1. The fourth-order valence-corrected chi connectivity index (χ4v) is 1.71. The number of hydrogen-bond acceptors (Lipinski definition) is 4. The number of rotatable bonds is 4. The zero-order chi connectivity index (χ0) is 14.0. The van der Waals surface area contributed by atoms with Crippen LogP contribution in [0.25, 0.3) is 0 Å². The largest absolute Gasteiger partial charge is 0.478 e. The normalized spacial score (nSPS) is 10.4. The fourth-order valence-electron chi connectivity index (χ4n) is 1.71. The van der Waals surface area contributed by atoms with Crippen molar-refractivity contribution in [2.75, 3.05) is 0 Å². The van der Waals surface area contributed by atoms with Gasteiger partial charge in [-0.15, -0.1) is 5.10 Å². The molecule has 0 aliphatic carbocycles. The number of nitrogens with zero attached hydrogens (tertiary/aromatic N) is 3. The van der Waals surface area contributed by atoms with Gasteiger partial charge >= 0.3 is 5.97 Å². The van der Waals surface area contributed by atoms with Gasteiger partial charge < -0.3 is 10.8 Å². The van der Waals surface area contributed by atoms with Gasteiger partial charge in [0, 0.05) is 0 Å². The summed E-state index contributed by atoms with van der Waals surface area (Å²) in [6.07, 6.45) is 0. The predicted molar refractivity (Wildman–Crippen MR) is 65.8 cm³/mol. The molecule has 98 valence electrons. The van der Waals surface area contributed by atoms with Gasteiger partial charge in [-0.25, -0.2) is 9.48 Å². The van der Waals surface area contributed by atoms with E-state index in [9.17, 15) is 9.59 Å². The molecule has 0 spiro atoms. The maximum atomic E-state index is 11.1. The number of carboxylic acids is 1. The molecule has 0 radical (unpaired) electrons. The molecule has 0 bridgehead atoms. The topological polar surface area (TPSA) is 111 Å². The first-order valence-corrected chi connectivity index (χ1v) is 5.51. The molecular weight excluding hydrogens is 248 g/mol. The minimum absolute atomic E-state index is 0.120. The molecular formula is C12H12N4O3. The molecule has 7 nitrogen and oxygen atoms in total. The lowest BCUT2D eigenvalue weighted by Crippen LogP contribution is -2.13. The lowest BCUT2D eigenvalue weighted by molar-refractivity contribution is 0.0696. The zero-order valence-electron chi connectivity index (χ0n) is 10.2. The van der Waals surface area contributed by atoms with Gasteiger partial charge in [0.05, 0.1) is 17.8 Å². The smallest absolute Gasteiger partial charge is 0.335 e. The third kappa shape index (κ3) is 2.59. The predicted octanol–water partition coefficient (Wildman–Crippen LogP) is 0.432. The minimum Gasteiger partial charge on any atom is -0.478 e. The monoisotopic (exact) mass is 260 g/mol. The van der Waals surface area contributed by atoms with E-state index < -0.39 is 11.9 Å². The van der Waals surface area contributed by atoms with Gasteiger partial charge in [0.2, 0.25) is 0 Å². The molecule has 0 saturated carbocycles. The SMILES string of the molecule is Cc1c(C(N)=O)nnn1Cc1cccc(C(=O)O)c1. The van der Waals surface area contributed by atoms with Gasteiger partial charge in [0.25, 0.3) is 5.91 Å². The Bertz CT molecular complexity index is 648. The van der Waals surface area contributed by atoms with Crippen molar-refractivity contribution in [1.82, 2.24) is 15.0 Å². The summed E-state index contributed by atoms with van der Waals surface area (Å²) in [5.74, 6) is -1.63. The summed E-state index contributed by atoms with van der Waals surface area (Å²) in [5.41, 5.74) is 6.77. The van der Waals surface area contributed by atoms with E-state index in [4.69, 9.17) is 10.8 Å². The number of aromatic carboxylic acids is 1. The van der Waals surface area contributed by atoms with Crippen LogP contribution >= 0.6 is 0 Å². The van der Waals surface area contributed by atoms with Crippen molar-refractivity contribution in [3.63, 3.8) is 0 Å². The van der Waals surface area contributed by atoms with Crippen LogP contribution in [0.15, 0.2) is 24.3 Å². The van der Waals surface area contributed by atoms with E-state index in [1.54, 1.807) is 25.1 Å². The molecule has 1 heterocycles. The summed E-state index contributed by atoms with van der Waals surface area (Å²) in [6, 6.07) is 6.49. The summed E-state index contributed by atoms with van der Waals surface area (Å²) < 4.78 is 1.50. The van der Waals surface area contributed by atoms with Gasteiger partial charge in [-0.05, 0) is 24.6 Å². The second-order valence-electron chi connectivity index (χ2n) is 4.05. The molecule has 2 aromatic rings. The van der Waals surface area contributed by atoms with Gasteiger partial charge in [0.1, 0.15) is 0 Å². The molecule has 19 heavy (non-hydrogen) atoms. The lowest BCUT2D eigenvalue weighted by Gasteiger charge is -2.04. The van der Waals surface area contributed by atoms with Crippen LogP contribution in [0.3, 0.4) is 0 Å². The Morgan fingerprint density at radius 2 is 2.16 bits per heavy atom. The van der Waals surface area contributed by atoms with Gasteiger partial charge in [-0.2, -0.15) is 0 Å². The van der Waals surface area contributed by atoms with Crippen LogP contribution in [0.4, 0.5) is 0 Å². The van der Waals surface area contributed by atoms with E-state index in [1.165, 1.54) is 10.7 Å². The number of amides is 1. The Labute approximate surface area is 108 Å². The highest BCUT2D eigenvalue weighted by Crippen LogP contribution is 2.10. The van der Waals surface area contributed by atoms with E-state index in [0.717, 1.165) is 5.56 Å². The Morgan fingerprint density at radius 1 is 1.42 bits per heavy atom. The van der Waals surface area contributed by atoms with Crippen LogP contribution in [0.1, 0.15) is 32.1 Å². The van der Waals surface area contributed by atoms with Crippen molar-refractivity contribution in [3.05, 3.63) is 46.8 Å². The van der Waals surface area contributed by atoms with E-state index in [-0.39, 0.29) is 11.3 Å². The fraction of sp³-hybridized carbons (Fsp3) is 0.167. The number of hydrogen-bond donors (Lipinski definition) is 2. The lowest BCUT2D eigenvalue weighted by atomic mass is 10.1. The molecule has 7 heteroatoms. The van der Waals surface area contributed by atoms with E-state index in [0.29, 0.717) is 12.2 Å². The molecule has 1 amide bonds. The maximum Gasteiger partial charge on any atom is 0.335 e. The Hall–Kier alpha value is -2.70. The molecule has 1 aromatic heterocycles. The number of aromatic nitrogens is 3. The quantitative estimate of drug-likeness (QED) is 0.828. The number of primary amides is 1. The maximum absolute atomic E-state index is 11.1. The van der Waals surface area contributed by atoms with E-state index in [2.05, 4.69) is 10.3 Å². The highest BCUT2D eigenvalue weighted by atomic mass is 16.4. The van der Waals surface area contributed by atoms with Crippen LogP contribution in [0, 0.1) is 6.92 Å². The Balaban J connectivity index is 2.29. The van der Waals surface area contributed by atoms with E-state index >= 15 is 0 Å². The molecule has 1 aromatic carbocycles. The number of nitrogens with two attached hydrogens (primary N) is 1. The standard InChI is InChI=1S/C12H12N4O3/c1-7-10(11(13)17)14-15-16(7)6-8-3-2-4-9(5-8)12(18)19/h2-5H,6H2,1H3,(H2,13,17)(H,18,19). The van der Waals surface area contributed by atoms with Crippen LogP contribution in [0.5, 0.6) is 0 Å². The summed E-state index contributed by atoms with van der Waals surface area (Å²) in [7, 11) is 0. The van der Waals surface area contributed by atoms with Crippen LogP contribution in [0.2, 0.25) is 0 Å². The van der Waals surface area contributed by atoms with Crippen molar-refractivity contribution >= 4 is 11.9 Å². The van der Waals surface area contributed by atoms with Gasteiger partial charge in [-0.1, -0.05) is 17.3 Å². The van der Waals surface area contributed by atoms with Crippen molar-refractivity contribution < 1.29 is 14.7 Å². The molecule has 0 saturated heterocycles. The summed E-state index contributed by atoms with van der Waals surface area (Å²) >= 11 is 0. The Kier molecular flexibility index (Phi) is 3.28. The first-order valence-electron chi connectivity index (χ1n) is 5.51. The summed E-state index contributed by atoms with van der Waals surface area (Å²) in [4.78, 5) is 21.9. The average Bonchev–Trinajstić information content (AvgIpc) is 2.71.